The van der Waals surface area contributed by atoms with Gasteiger partial charge in [-0.3, -0.25) is 14.9 Å². The molecule has 2 amide bonds. The first-order valence-electron chi connectivity index (χ1n) is 7.47. The fraction of sp³-hybridized carbons (Fsp3) is 0.800. The van der Waals surface area contributed by atoms with Gasteiger partial charge in [0.1, 0.15) is 17.6 Å². The number of amides is 2. The zero-order chi connectivity index (χ0) is 15.6. The van der Waals surface area contributed by atoms with Crippen LogP contribution < -0.4 is 5.32 Å². The lowest BCUT2D eigenvalue weighted by Gasteiger charge is -2.23. The summed E-state index contributed by atoms with van der Waals surface area (Å²) in [5, 5.41) is 2.20. The van der Waals surface area contributed by atoms with Gasteiger partial charge >= 0.3 is 6.09 Å². The van der Waals surface area contributed by atoms with Gasteiger partial charge in [-0.1, -0.05) is 12.8 Å². The molecule has 0 unspecified atom stereocenters. The predicted octanol–water partition coefficient (Wildman–Crippen LogP) is 1.81. The van der Waals surface area contributed by atoms with E-state index in [4.69, 9.17) is 9.47 Å². The molecule has 0 aromatic carbocycles. The van der Waals surface area contributed by atoms with Crippen LogP contribution in [0.25, 0.3) is 0 Å². The molecule has 2 fully saturated rings. The highest BCUT2D eigenvalue weighted by molar-refractivity contribution is 6.08. The molecule has 21 heavy (non-hydrogen) atoms. The number of epoxide rings is 1. The smallest absolute Gasteiger partial charge is 0.414 e. The van der Waals surface area contributed by atoms with Crippen molar-refractivity contribution in [2.24, 2.45) is 11.8 Å². The Bertz CT molecular complexity index is 430. The van der Waals surface area contributed by atoms with Gasteiger partial charge in [-0.15, -0.1) is 0 Å². The molecule has 1 aliphatic heterocycles. The first kappa shape index (κ1) is 15.9. The van der Waals surface area contributed by atoms with Crippen molar-refractivity contribution in [3.8, 4) is 0 Å². The Morgan fingerprint density at radius 2 is 1.76 bits per heavy atom. The maximum atomic E-state index is 12.3. The van der Waals surface area contributed by atoms with Crippen molar-refractivity contribution in [1.82, 2.24) is 5.32 Å². The van der Waals surface area contributed by atoms with E-state index >= 15 is 0 Å². The number of carbonyl (C=O) groups is 3. The van der Waals surface area contributed by atoms with Crippen molar-refractivity contribution < 1.29 is 23.9 Å². The molecular formula is C15H23NO5. The van der Waals surface area contributed by atoms with E-state index in [1.165, 1.54) is 0 Å². The molecule has 1 saturated carbocycles. The normalized spacial score (nSPS) is 23.5. The van der Waals surface area contributed by atoms with E-state index in [0.29, 0.717) is 6.61 Å². The van der Waals surface area contributed by atoms with Gasteiger partial charge in [0.25, 0.3) is 0 Å². The third-order valence-corrected chi connectivity index (χ3v) is 3.74. The summed E-state index contributed by atoms with van der Waals surface area (Å²) in [4.78, 5) is 36.3. The summed E-state index contributed by atoms with van der Waals surface area (Å²) in [5.74, 6) is -1.56. The highest BCUT2D eigenvalue weighted by atomic mass is 16.6. The van der Waals surface area contributed by atoms with Gasteiger partial charge in [0.15, 0.2) is 5.78 Å². The van der Waals surface area contributed by atoms with E-state index < -0.39 is 29.6 Å². The van der Waals surface area contributed by atoms with E-state index in [1.54, 1.807) is 20.8 Å². The van der Waals surface area contributed by atoms with Gasteiger partial charge in [0.05, 0.1) is 6.61 Å². The lowest BCUT2D eigenvalue weighted by atomic mass is 9.85. The van der Waals surface area contributed by atoms with Crippen LogP contribution in [-0.4, -0.2) is 36.1 Å². The lowest BCUT2D eigenvalue weighted by molar-refractivity contribution is -0.136. The molecule has 1 heterocycles. The standard InChI is InChI=1S/C15H23NO5/c1-15(2,3)21-14(19)16-13(18)11(9-6-4-5-7-9)12(17)10-8-20-10/h9-11H,4-8H2,1-3H3,(H,16,18,19)/t10-,11+/m1/s1. The number of imide groups is 1. The first-order valence-corrected chi connectivity index (χ1v) is 7.47. The summed E-state index contributed by atoms with van der Waals surface area (Å²) >= 11 is 0. The number of rotatable bonds is 4. The highest BCUT2D eigenvalue weighted by Gasteiger charge is 2.44. The van der Waals surface area contributed by atoms with Crippen molar-refractivity contribution in [2.45, 2.75) is 58.2 Å². The number of Topliss-reactive ketones (excluding diaryl/α,β-unsaturated/α-hetero) is 1. The number of hydrogen-bond acceptors (Lipinski definition) is 5. The summed E-state index contributed by atoms with van der Waals surface area (Å²) in [5.41, 5.74) is -0.684. The second kappa shape index (κ2) is 6.13. The maximum Gasteiger partial charge on any atom is 0.414 e. The molecule has 0 radical (unpaired) electrons. The Balaban J connectivity index is 2.00. The van der Waals surface area contributed by atoms with E-state index in [-0.39, 0.29) is 11.7 Å². The minimum atomic E-state index is -0.806. The van der Waals surface area contributed by atoms with Crippen LogP contribution in [0, 0.1) is 11.8 Å². The lowest BCUT2D eigenvalue weighted by Crippen LogP contribution is -2.45. The quantitative estimate of drug-likeness (QED) is 0.632. The molecule has 2 atom stereocenters. The third kappa shape index (κ3) is 4.52. The average Bonchev–Trinajstić information content (AvgIpc) is 3.05. The number of alkyl carbamates (subject to hydrolysis) is 1. The van der Waals surface area contributed by atoms with Gasteiger partial charge in [-0.05, 0) is 39.5 Å². The van der Waals surface area contributed by atoms with Crippen molar-refractivity contribution in [2.75, 3.05) is 6.61 Å². The van der Waals surface area contributed by atoms with E-state index in [1.807, 2.05) is 0 Å². The van der Waals surface area contributed by atoms with Crippen molar-refractivity contribution >= 4 is 17.8 Å². The van der Waals surface area contributed by atoms with Crippen LogP contribution >= 0.6 is 0 Å². The molecule has 1 saturated heterocycles. The molecule has 1 aliphatic carbocycles. The Labute approximate surface area is 124 Å². The number of ether oxygens (including phenoxy) is 2. The molecule has 0 bridgehead atoms. The highest BCUT2D eigenvalue weighted by Crippen LogP contribution is 2.34. The van der Waals surface area contributed by atoms with Crippen LogP contribution in [0.3, 0.4) is 0 Å². The molecule has 6 heteroatoms. The number of carbonyl (C=O) groups excluding carboxylic acids is 3. The van der Waals surface area contributed by atoms with Gasteiger partial charge in [0.2, 0.25) is 5.91 Å². The molecular weight excluding hydrogens is 274 g/mol. The molecule has 0 aromatic rings. The Morgan fingerprint density at radius 1 is 1.19 bits per heavy atom. The molecule has 1 N–H and O–H groups in total. The zero-order valence-electron chi connectivity index (χ0n) is 12.8. The van der Waals surface area contributed by atoms with Crippen LogP contribution in [0.1, 0.15) is 46.5 Å². The Hall–Kier alpha value is -1.43. The molecule has 0 spiro atoms. The van der Waals surface area contributed by atoms with Crippen molar-refractivity contribution in [3.63, 3.8) is 0 Å². The summed E-state index contributed by atoms with van der Waals surface area (Å²) in [6.45, 7) is 5.53. The zero-order valence-corrected chi connectivity index (χ0v) is 12.8. The summed E-state index contributed by atoms with van der Waals surface area (Å²) in [7, 11) is 0. The van der Waals surface area contributed by atoms with Gasteiger partial charge in [-0.2, -0.15) is 0 Å². The third-order valence-electron chi connectivity index (χ3n) is 3.74. The molecule has 2 aliphatic rings. The largest absolute Gasteiger partial charge is 0.444 e. The van der Waals surface area contributed by atoms with Crippen LogP contribution in [0.5, 0.6) is 0 Å². The summed E-state index contributed by atoms with van der Waals surface area (Å²) < 4.78 is 10.1. The minimum Gasteiger partial charge on any atom is -0.444 e. The van der Waals surface area contributed by atoms with Crippen LogP contribution in [-0.2, 0) is 19.1 Å². The molecule has 2 rings (SSSR count). The summed E-state index contributed by atoms with van der Waals surface area (Å²) in [6.07, 6.45) is 2.43. The van der Waals surface area contributed by atoms with Crippen molar-refractivity contribution in [1.29, 1.82) is 0 Å². The summed E-state index contributed by atoms with van der Waals surface area (Å²) in [6, 6.07) is 0. The van der Waals surface area contributed by atoms with Crippen LogP contribution in [0.2, 0.25) is 0 Å². The monoisotopic (exact) mass is 297 g/mol. The first-order chi connectivity index (χ1) is 9.78. The second-order valence-corrected chi connectivity index (χ2v) is 6.74. The topological polar surface area (TPSA) is 85.0 Å². The average molecular weight is 297 g/mol. The molecule has 0 aromatic heterocycles. The van der Waals surface area contributed by atoms with E-state index in [2.05, 4.69) is 5.32 Å². The molecule has 6 nitrogen and oxygen atoms in total. The van der Waals surface area contributed by atoms with Crippen LogP contribution in [0.15, 0.2) is 0 Å². The number of hydrogen-bond donors (Lipinski definition) is 1. The minimum absolute atomic E-state index is 0.00383. The Morgan fingerprint density at radius 3 is 2.24 bits per heavy atom. The van der Waals surface area contributed by atoms with Gasteiger partial charge in [-0.25, -0.2) is 4.79 Å². The van der Waals surface area contributed by atoms with Gasteiger partial charge in [0, 0.05) is 0 Å². The van der Waals surface area contributed by atoms with Crippen molar-refractivity contribution in [3.05, 3.63) is 0 Å². The number of ketones is 1. The number of nitrogens with one attached hydrogen (secondary N) is 1. The van der Waals surface area contributed by atoms with Crippen LogP contribution in [0.4, 0.5) is 4.79 Å². The fourth-order valence-corrected chi connectivity index (χ4v) is 2.76. The SMILES string of the molecule is CC(C)(C)OC(=O)NC(=O)[C@H](C(=O)[C@H]1CO1)C1CCCC1. The van der Waals surface area contributed by atoms with E-state index in [0.717, 1.165) is 25.7 Å². The predicted molar refractivity (Wildman–Crippen MR) is 74.6 cm³/mol. The maximum absolute atomic E-state index is 12.3. The van der Waals surface area contributed by atoms with E-state index in [9.17, 15) is 14.4 Å². The fourth-order valence-electron chi connectivity index (χ4n) is 2.76. The molecule has 118 valence electrons. The van der Waals surface area contributed by atoms with Gasteiger partial charge < -0.3 is 9.47 Å². The Kier molecular flexibility index (Phi) is 4.66. The second-order valence-electron chi connectivity index (χ2n) is 6.74.